The highest BCUT2D eigenvalue weighted by Crippen LogP contribution is 2.31. The van der Waals surface area contributed by atoms with Crippen LogP contribution < -0.4 is 16.0 Å². The molecule has 0 saturated carbocycles. The molecule has 4 N–H and O–H groups in total. The molecular formula is C21H16Cl2FN3O4S2. The average molecular weight is 528 g/mol. The van der Waals surface area contributed by atoms with Gasteiger partial charge in [0.05, 0.1) is 21.3 Å². The number of amides is 1. The molecule has 172 valence electrons. The van der Waals surface area contributed by atoms with Crippen LogP contribution in [0.25, 0.3) is 0 Å². The summed E-state index contributed by atoms with van der Waals surface area (Å²) in [7, 11) is -4.46. The number of nitrogens with one attached hydrogen (secondary N) is 3. The van der Waals surface area contributed by atoms with E-state index in [2.05, 4.69) is 16.0 Å². The molecule has 0 bridgehead atoms. The van der Waals surface area contributed by atoms with Gasteiger partial charge in [-0.3, -0.25) is 9.35 Å². The molecule has 0 aromatic heterocycles. The third-order valence-corrected chi connectivity index (χ3v) is 6.48. The van der Waals surface area contributed by atoms with Gasteiger partial charge in [0.25, 0.3) is 16.0 Å². The smallest absolute Gasteiger partial charge is 0.296 e. The molecule has 3 rings (SSSR count). The van der Waals surface area contributed by atoms with Crippen LogP contribution in [0, 0.1) is 12.7 Å². The van der Waals surface area contributed by atoms with Crippen LogP contribution in [0.3, 0.4) is 0 Å². The molecule has 0 radical (unpaired) electrons. The number of carbonyl (C=O) groups is 1. The lowest BCUT2D eigenvalue weighted by Gasteiger charge is -2.16. The van der Waals surface area contributed by atoms with Crippen LogP contribution in [0.5, 0.6) is 0 Å². The van der Waals surface area contributed by atoms with E-state index in [0.29, 0.717) is 22.6 Å². The summed E-state index contributed by atoms with van der Waals surface area (Å²) < 4.78 is 45.7. The number of anilines is 3. The van der Waals surface area contributed by atoms with Crippen LogP contribution in [-0.4, -0.2) is 24.0 Å². The molecule has 0 saturated heterocycles. The molecule has 0 spiro atoms. The first-order valence-electron chi connectivity index (χ1n) is 9.17. The van der Waals surface area contributed by atoms with Crippen molar-refractivity contribution in [3.05, 3.63) is 81.6 Å². The summed E-state index contributed by atoms with van der Waals surface area (Å²) in [4.78, 5) is 11.8. The summed E-state index contributed by atoms with van der Waals surface area (Å²) in [6.45, 7) is 1.56. The predicted molar refractivity (Wildman–Crippen MR) is 132 cm³/mol. The summed E-state index contributed by atoms with van der Waals surface area (Å²) in [6, 6.07) is 12.7. The average Bonchev–Trinajstić information content (AvgIpc) is 2.73. The Morgan fingerprint density at radius 3 is 2.27 bits per heavy atom. The van der Waals surface area contributed by atoms with Gasteiger partial charge in [-0.25, -0.2) is 4.39 Å². The molecule has 1 amide bonds. The number of carbonyl (C=O) groups excluding carboxylic acids is 1. The molecule has 3 aromatic rings. The second-order valence-corrected chi connectivity index (χ2v) is 9.32. The number of hydrogen-bond donors (Lipinski definition) is 4. The van der Waals surface area contributed by atoms with Gasteiger partial charge >= 0.3 is 0 Å². The molecular weight excluding hydrogens is 512 g/mol. The van der Waals surface area contributed by atoms with E-state index in [1.54, 1.807) is 25.1 Å². The van der Waals surface area contributed by atoms with E-state index in [-0.39, 0.29) is 20.7 Å². The van der Waals surface area contributed by atoms with Crippen molar-refractivity contribution in [2.24, 2.45) is 0 Å². The Bertz CT molecular complexity index is 1370. The maximum Gasteiger partial charge on any atom is 0.296 e. The first-order valence-corrected chi connectivity index (χ1v) is 11.8. The van der Waals surface area contributed by atoms with Gasteiger partial charge in [0.15, 0.2) is 5.11 Å². The molecule has 0 fully saturated rings. The van der Waals surface area contributed by atoms with Crippen LogP contribution >= 0.6 is 35.4 Å². The highest BCUT2D eigenvalue weighted by atomic mass is 35.5. The number of benzene rings is 3. The van der Waals surface area contributed by atoms with Crippen molar-refractivity contribution in [3.8, 4) is 0 Å². The summed E-state index contributed by atoms with van der Waals surface area (Å²) in [5.41, 5.74) is 1.43. The molecule has 0 aliphatic heterocycles. The van der Waals surface area contributed by atoms with Crippen molar-refractivity contribution < 1.29 is 22.2 Å². The first-order chi connectivity index (χ1) is 15.5. The summed E-state index contributed by atoms with van der Waals surface area (Å²) in [5.74, 6) is -1.27. The fourth-order valence-electron chi connectivity index (χ4n) is 2.81. The number of hydrogen-bond acceptors (Lipinski definition) is 4. The SMILES string of the molecule is Cc1c(NC(=S)Nc2ccc(NC(=O)c3ccccc3F)cc2Cl)ccc(S(=O)(=O)O)c1Cl. The van der Waals surface area contributed by atoms with Crippen molar-refractivity contribution in [2.45, 2.75) is 11.8 Å². The Morgan fingerprint density at radius 1 is 1.00 bits per heavy atom. The summed E-state index contributed by atoms with van der Waals surface area (Å²) >= 11 is 17.6. The minimum absolute atomic E-state index is 0.102. The minimum atomic E-state index is -4.46. The lowest BCUT2D eigenvalue weighted by molar-refractivity contribution is 0.102. The Hall–Kier alpha value is -2.76. The molecule has 7 nitrogen and oxygen atoms in total. The largest absolute Gasteiger partial charge is 0.332 e. The Balaban J connectivity index is 1.70. The van der Waals surface area contributed by atoms with Crippen LogP contribution in [0.1, 0.15) is 15.9 Å². The van der Waals surface area contributed by atoms with Crippen molar-refractivity contribution in [1.29, 1.82) is 0 Å². The van der Waals surface area contributed by atoms with Crippen LogP contribution in [0.2, 0.25) is 10.0 Å². The van der Waals surface area contributed by atoms with Crippen molar-refractivity contribution in [2.75, 3.05) is 16.0 Å². The van der Waals surface area contributed by atoms with Gasteiger partial charge < -0.3 is 16.0 Å². The van der Waals surface area contributed by atoms with Gasteiger partial charge in [-0.1, -0.05) is 35.3 Å². The number of halogens is 3. The zero-order valence-electron chi connectivity index (χ0n) is 16.8. The lowest BCUT2D eigenvalue weighted by Crippen LogP contribution is -2.20. The zero-order chi connectivity index (χ0) is 24.3. The van der Waals surface area contributed by atoms with Crippen LogP contribution in [0.4, 0.5) is 21.5 Å². The molecule has 33 heavy (non-hydrogen) atoms. The third kappa shape index (κ3) is 5.98. The van der Waals surface area contributed by atoms with Crippen molar-refractivity contribution in [3.63, 3.8) is 0 Å². The van der Waals surface area contributed by atoms with Crippen LogP contribution in [0.15, 0.2) is 59.5 Å². The van der Waals surface area contributed by atoms with Gasteiger partial charge in [-0.2, -0.15) is 8.42 Å². The molecule has 0 aliphatic carbocycles. The zero-order valence-corrected chi connectivity index (χ0v) is 20.0. The molecule has 0 unspecified atom stereocenters. The fourth-order valence-corrected chi connectivity index (χ4v) is 4.33. The number of rotatable bonds is 5. The monoisotopic (exact) mass is 527 g/mol. The Kier molecular flexibility index (Phi) is 7.55. The highest BCUT2D eigenvalue weighted by Gasteiger charge is 2.18. The van der Waals surface area contributed by atoms with Crippen molar-refractivity contribution in [1.82, 2.24) is 0 Å². The van der Waals surface area contributed by atoms with E-state index in [1.165, 1.54) is 30.3 Å². The third-order valence-electron chi connectivity index (χ3n) is 4.47. The fraction of sp³-hybridized carbons (Fsp3) is 0.0476. The highest BCUT2D eigenvalue weighted by molar-refractivity contribution is 7.86. The van der Waals surface area contributed by atoms with Gasteiger partial charge in [-0.15, -0.1) is 0 Å². The standard InChI is InChI=1S/C21H16Cl2FN3O4S2/c1-11-16(8-9-18(19(11)23)33(29,30)31)26-21(32)27-17-7-6-12(10-14(17)22)25-20(28)13-4-2-3-5-15(13)24/h2-10H,1H3,(H,25,28)(H2,26,27,32)(H,29,30,31). The molecule has 0 aliphatic rings. The summed E-state index contributed by atoms with van der Waals surface area (Å²) in [6.07, 6.45) is 0. The van der Waals surface area contributed by atoms with E-state index in [9.17, 15) is 22.2 Å². The Morgan fingerprint density at radius 2 is 1.64 bits per heavy atom. The van der Waals surface area contributed by atoms with Gasteiger partial charge in [-0.05, 0) is 67.2 Å². The van der Waals surface area contributed by atoms with Gasteiger partial charge in [0.2, 0.25) is 0 Å². The quantitative estimate of drug-likeness (QED) is 0.247. The summed E-state index contributed by atoms with van der Waals surface area (Å²) in [5, 5.41) is 8.52. The molecule has 0 heterocycles. The predicted octanol–water partition coefficient (Wildman–Crippen LogP) is 5.75. The van der Waals surface area contributed by atoms with E-state index in [4.69, 9.17) is 35.4 Å². The lowest BCUT2D eigenvalue weighted by atomic mass is 10.2. The van der Waals surface area contributed by atoms with E-state index in [1.807, 2.05) is 0 Å². The number of thiocarbonyl (C=S) groups is 1. The molecule has 3 aromatic carbocycles. The maximum absolute atomic E-state index is 13.8. The maximum atomic E-state index is 13.8. The van der Waals surface area contributed by atoms with E-state index < -0.39 is 26.7 Å². The normalized spacial score (nSPS) is 11.1. The molecule has 0 atom stereocenters. The first kappa shape index (κ1) is 24.9. The second kappa shape index (κ2) is 10.0. The molecule has 12 heteroatoms. The van der Waals surface area contributed by atoms with Crippen molar-refractivity contribution >= 4 is 73.6 Å². The van der Waals surface area contributed by atoms with E-state index in [0.717, 1.165) is 6.07 Å². The second-order valence-electron chi connectivity index (χ2n) is 6.73. The van der Waals surface area contributed by atoms with Gasteiger partial charge in [0.1, 0.15) is 10.7 Å². The van der Waals surface area contributed by atoms with Crippen LogP contribution in [-0.2, 0) is 10.1 Å². The topological polar surface area (TPSA) is 108 Å². The van der Waals surface area contributed by atoms with Gasteiger partial charge in [0, 0.05) is 11.4 Å². The Labute approximate surface area is 204 Å². The van der Waals surface area contributed by atoms with E-state index >= 15 is 0 Å². The minimum Gasteiger partial charge on any atom is -0.332 e.